The van der Waals surface area contributed by atoms with Gasteiger partial charge in [0, 0.05) is 23.9 Å². The highest BCUT2D eigenvalue weighted by molar-refractivity contribution is 14.0. The number of aliphatic imine (C=N–C) groups is 1. The molecule has 2 atom stereocenters. The zero-order valence-electron chi connectivity index (χ0n) is 12.6. The smallest absolute Gasteiger partial charge is 0.191 e. The largest absolute Gasteiger partial charge is 0.469 e. The lowest BCUT2D eigenvalue weighted by Gasteiger charge is -2.11. The highest BCUT2D eigenvalue weighted by Gasteiger charge is 2.33. The van der Waals surface area contributed by atoms with Gasteiger partial charge in [0.15, 0.2) is 5.96 Å². The molecule has 6 heteroatoms. The Kier molecular flexibility index (Phi) is 6.75. The van der Waals surface area contributed by atoms with Crippen LogP contribution >= 0.6 is 35.3 Å². The van der Waals surface area contributed by atoms with Crippen molar-refractivity contribution in [3.8, 4) is 0 Å². The van der Waals surface area contributed by atoms with E-state index >= 15 is 0 Å². The fourth-order valence-corrected chi connectivity index (χ4v) is 2.80. The zero-order chi connectivity index (χ0) is 14.5. The minimum Gasteiger partial charge on any atom is -0.469 e. The van der Waals surface area contributed by atoms with Gasteiger partial charge in [-0.1, -0.05) is 13.0 Å². The SMILES string of the molecule is CC1CC1NC(=NCc1cccs1)NCCc1ccco1.I. The summed E-state index contributed by atoms with van der Waals surface area (Å²) < 4.78 is 5.35. The Labute approximate surface area is 152 Å². The Morgan fingerprint density at radius 3 is 2.91 bits per heavy atom. The normalized spacial score (nSPS) is 20.3. The van der Waals surface area contributed by atoms with Crippen molar-refractivity contribution >= 4 is 41.3 Å². The summed E-state index contributed by atoms with van der Waals surface area (Å²) in [5, 5.41) is 8.98. The molecule has 0 saturated heterocycles. The molecule has 0 aliphatic heterocycles. The van der Waals surface area contributed by atoms with Crippen LogP contribution in [-0.4, -0.2) is 18.5 Å². The molecule has 2 aromatic rings. The summed E-state index contributed by atoms with van der Waals surface area (Å²) in [7, 11) is 0. The van der Waals surface area contributed by atoms with E-state index in [0.717, 1.165) is 37.1 Å². The third-order valence-corrected chi connectivity index (χ3v) is 4.51. The van der Waals surface area contributed by atoms with Gasteiger partial charge >= 0.3 is 0 Å². The maximum Gasteiger partial charge on any atom is 0.191 e. The maximum atomic E-state index is 5.35. The lowest BCUT2D eigenvalue weighted by Crippen LogP contribution is -2.40. The number of halogens is 1. The van der Waals surface area contributed by atoms with Crippen LogP contribution in [0.25, 0.3) is 0 Å². The standard InChI is InChI=1S/C16H21N3OS.HI/c1-12-10-15(12)19-16(18-11-14-5-3-9-21-14)17-7-6-13-4-2-8-20-13;/h2-5,8-9,12,15H,6-7,10-11H2,1H3,(H2,17,18,19);1H. The molecule has 2 unspecified atom stereocenters. The van der Waals surface area contributed by atoms with E-state index < -0.39 is 0 Å². The number of furan rings is 1. The number of rotatable bonds is 6. The fourth-order valence-electron chi connectivity index (χ4n) is 2.17. The van der Waals surface area contributed by atoms with Gasteiger partial charge in [0.25, 0.3) is 0 Å². The van der Waals surface area contributed by atoms with Crippen LogP contribution < -0.4 is 10.6 Å². The van der Waals surface area contributed by atoms with Crippen LogP contribution in [0.5, 0.6) is 0 Å². The van der Waals surface area contributed by atoms with Gasteiger partial charge in [-0.15, -0.1) is 35.3 Å². The van der Waals surface area contributed by atoms with E-state index in [0.29, 0.717) is 6.04 Å². The number of thiophene rings is 1. The van der Waals surface area contributed by atoms with Gasteiger partial charge in [-0.05, 0) is 35.9 Å². The molecule has 0 bridgehead atoms. The molecule has 2 N–H and O–H groups in total. The summed E-state index contributed by atoms with van der Waals surface area (Å²) in [6.07, 6.45) is 3.82. The molecule has 1 fully saturated rings. The van der Waals surface area contributed by atoms with Gasteiger partial charge < -0.3 is 15.1 Å². The van der Waals surface area contributed by atoms with E-state index in [-0.39, 0.29) is 24.0 Å². The number of hydrogen-bond acceptors (Lipinski definition) is 3. The molecule has 0 aromatic carbocycles. The monoisotopic (exact) mass is 431 g/mol. The first kappa shape index (κ1) is 17.3. The highest BCUT2D eigenvalue weighted by atomic mass is 127. The van der Waals surface area contributed by atoms with Crippen molar-refractivity contribution in [1.82, 2.24) is 10.6 Å². The molecule has 0 spiro atoms. The van der Waals surface area contributed by atoms with E-state index in [2.05, 4.69) is 40.1 Å². The molecular formula is C16H22IN3OS. The van der Waals surface area contributed by atoms with Crippen molar-refractivity contribution in [3.63, 3.8) is 0 Å². The van der Waals surface area contributed by atoms with E-state index in [1.807, 2.05) is 12.1 Å². The molecule has 2 aromatic heterocycles. The molecule has 0 amide bonds. The van der Waals surface area contributed by atoms with E-state index in [4.69, 9.17) is 4.42 Å². The lowest BCUT2D eigenvalue weighted by molar-refractivity contribution is 0.506. The Morgan fingerprint density at radius 2 is 2.27 bits per heavy atom. The van der Waals surface area contributed by atoms with Crippen molar-refractivity contribution in [2.45, 2.75) is 32.4 Å². The molecule has 2 heterocycles. The second-order valence-corrected chi connectivity index (χ2v) is 6.50. The first-order valence-corrected chi connectivity index (χ1v) is 8.29. The molecule has 3 rings (SSSR count). The summed E-state index contributed by atoms with van der Waals surface area (Å²) >= 11 is 1.74. The van der Waals surface area contributed by atoms with Crippen LogP contribution in [0.4, 0.5) is 0 Å². The van der Waals surface area contributed by atoms with Crippen LogP contribution in [0.3, 0.4) is 0 Å². The predicted octanol–water partition coefficient (Wildman–Crippen LogP) is 3.65. The Morgan fingerprint density at radius 1 is 1.41 bits per heavy atom. The van der Waals surface area contributed by atoms with Gasteiger partial charge in [-0.25, -0.2) is 4.99 Å². The van der Waals surface area contributed by atoms with Gasteiger partial charge in [-0.3, -0.25) is 0 Å². The van der Waals surface area contributed by atoms with Crippen LogP contribution in [0.15, 0.2) is 45.3 Å². The minimum absolute atomic E-state index is 0. The van der Waals surface area contributed by atoms with Gasteiger partial charge in [0.05, 0.1) is 12.8 Å². The number of hydrogen-bond donors (Lipinski definition) is 2. The quantitative estimate of drug-likeness (QED) is 0.417. The van der Waals surface area contributed by atoms with Crippen molar-refractivity contribution in [3.05, 3.63) is 46.5 Å². The average Bonchev–Trinajstić information content (AvgIpc) is 2.97. The van der Waals surface area contributed by atoms with Crippen molar-refractivity contribution in [1.29, 1.82) is 0 Å². The first-order valence-electron chi connectivity index (χ1n) is 7.41. The molecule has 120 valence electrons. The number of nitrogens with one attached hydrogen (secondary N) is 2. The molecular weight excluding hydrogens is 409 g/mol. The van der Waals surface area contributed by atoms with E-state index in [9.17, 15) is 0 Å². The third kappa shape index (κ3) is 5.31. The van der Waals surface area contributed by atoms with Crippen LogP contribution in [0.1, 0.15) is 24.0 Å². The van der Waals surface area contributed by atoms with Crippen molar-refractivity contribution < 1.29 is 4.42 Å². The van der Waals surface area contributed by atoms with Crippen molar-refractivity contribution in [2.75, 3.05) is 6.54 Å². The Bertz CT molecular complexity index is 568. The zero-order valence-corrected chi connectivity index (χ0v) is 15.8. The summed E-state index contributed by atoms with van der Waals surface area (Å²) in [5.74, 6) is 2.66. The van der Waals surface area contributed by atoms with Gasteiger partial charge in [-0.2, -0.15) is 0 Å². The number of guanidine groups is 1. The number of nitrogens with zero attached hydrogens (tertiary/aromatic N) is 1. The Hall–Kier alpha value is -1.02. The van der Waals surface area contributed by atoms with Crippen molar-refractivity contribution in [2.24, 2.45) is 10.9 Å². The lowest BCUT2D eigenvalue weighted by atomic mass is 10.3. The molecule has 4 nitrogen and oxygen atoms in total. The molecule has 1 aliphatic carbocycles. The first-order chi connectivity index (χ1) is 10.3. The minimum atomic E-state index is 0. The van der Waals surface area contributed by atoms with Crippen LogP contribution in [0.2, 0.25) is 0 Å². The van der Waals surface area contributed by atoms with Gasteiger partial charge in [0.1, 0.15) is 5.76 Å². The van der Waals surface area contributed by atoms with Crippen LogP contribution in [0, 0.1) is 5.92 Å². The second-order valence-electron chi connectivity index (χ2n) is 5.46. The van der Waals surface area contributed by atoms with Gasteiger partial charge in [0.2, 0.25) is 0 Å². The molecule has 1 saturated carbocycles. The van der Waals surface area contributed by atoms with Crippen LogP contribution in [-0.2, 0) is 13.0 Å². The highest BCUT2D eigenvalue weighted by Crippen LogP contribution is 2.28. The summed E-state index contributed by atoms with van der Waals surface area (Å²) in [6.45, 7) is 3.82. The summed E-state index contributed by atoms with van der Waals surface area (Å²) in [4.78, 5) is 5.96. The molecule has 1 aliphatic rings. The molecule has 0 radical (unpaired) electrons. The Balaban J connectivity index is 0.00000176. The van der Waals surface area contributed by atoms with E-state index in [1.165, 1.54) is 11.3 Å². The second kappa shape index (κ2) is 8.57. The summed E-state index contributed by atoms with van der Waals surface area (Å²) in [6, 6.07) is 8.68. The van der Waals surface area contributed by atoms with E-state index in [1.54, 1.807) is 17.6 Å². The predicted molar refractivity (Wildman–Crippen MR) is 102 cm³/mol. The third-order valence-electron chi connectivity index (χ3n) is 3.65. The fraction of sp³-hybridized carbons (Fsp3) is 0.438. The molecule has 22 heavy (non-hydrogen) atoms. The summed E-state index contributed by atoms with van der Waals surface area (Å²) in [5.41, 5.74) is 0. The maximum absolute atomic E-state index is 5.35. The average molecular weight is 431 g/mol. The topological polar surface area (TPSA) is 49.6 Å².